The van der Waals surface area contributed by atoms with E-state index >= 15 is 0 Å². The van der Waals surface area contributed by atoms with Gasteiger partial charge >= 0.3 is 0 Å². The van der Waals surface area contributed by atoms with E-state index in [2.05, 4.69) is 0 Å². The average Bonchev–Trinajstić information content (AvgIpc) is 1.87. The van der Waals surface area contributed by atoms with Crippen molar-refractivity contribution in [3.05, 3.63) is 0 Å². The van der Waals surface area contributed by atoms with E-state index in [9.17, 15) is 0 Å². The first-order chi connectivity index (χ1) is 3.29. The highest BCUT2D eigenvalue weighted by molar-refractivity contribution is 4.65. The fourth-order valence-corrected chi connectivity index (χ4v) is 0.659. The third-order valence-corrected chi connectivity index (χ3v) is 1.00. The zero-order chi connectivity index (χ0) is 5.28. The molecule has 1 unspecified atom stereocenters. The van der Waals surface area contributed by atoms with Crippen LogP contribution < -0.4 is 5.73 Å². The Hall–Kier alpha value is -0.120. The zero-order valence-corrected chi connectivity index (χ0v) is 4.42. The molecule has 0 amide bonds. The van der Waals surface area contributed by atoms with E-state index in [4.69, 9.17) is 10.6 Å². The second-order valence-electron chi connectivity index (χ2n) is 1.87. The molecule has 1 aliphatic heterocycles. The summed E-state index contributed by atoms with van der Waals surface area (Å²) in [5.74, 6) is 0. The Morgan fingerprint density at radius 3 is 2.71 bits per heavy atom. The highest BCUT2D eigenvalue weighted by atomic mass is 16.7. The SMILES string of the molecule is CN1CC(N)CO1. The molecule has 2 N–H and O–H groups in total. The Morgan fingerprint density at radius 1 is 1.86 bits per heavy atom. The molecule has 1 fully saturated rings. The van der Waals surface area contributed by atoms with E-state index in [1.165, 1.54) is 0 Å². The van der Waals surface area contributed by atoms with Crippen molar-refractivity contribution in [2.75, 3.05) is 20.2 Å². The van der Waals surface area contributed by atoms with Gasteiger partial charge in [0, 0.05) is 19.6 Å². The van der Waals surface area contributed by atoms with E-state index in [1.54, 1.807) is 5.06 Å². The van der Waals surface area contributed by atoms with Gasteiger partial charge < -0.3 is 5.73 Å². The van der Waals surface area contributed by atoms with Gasteiger partial charge in [-0.25, -0.2) is 0 Å². The number of nitrogens with two attached hydrogens (primary N) is 1. The van der Waals surface area contributed by atoms with Gasteiger partial charge in [-0.15, -0.1) is 0 Å². The van der Waals surface area contributed by atoms with E-state index < -0.39 is 0 Å². The first kappa shape index (κ1) is 5.03. The van der Waals surface area contributed by atoms with Crippen molar-refractivity contribution >= 4 is 0 Å². The Kier molecular flexibility index (Phi) is 1.27. The summed E-state index contributed by atoms with van der Waals surface area (Å²) >= 11 is 0. The molecule has 1 rings (SSSR count). The van der Waals surface area contributed by atoms with Gasteiger partial charge in [0.25, 0.3) is 0 Å². The maximum absolute atomic E-state index is 5.46. The lowest BCUT2D eigenvalue weighted by atomic mass is 10.4. The first-order valence-electron chi connectivity index (χ1n) is 2.38. The number of nitrogens with zero attached hydrogens (tertiary/aromatic N) is 1. The predicted octanol–water partition coefficient (Wildman–Crippen LogP) is -0.809. The maximum Gasteiger partial charge on any atom is 0.0849 e. The molecule has 1 heterocycles. The molecule has 7 heavy (non-hydrogen) atoms. The lowest BCUT2D eigenvalue weighted by molar-refractivity contribution is -0.0868. The quantitative estimate of drug-likeness (QED) is 0.435. The molecule has 0 aromatic rings. The first-order valence-corrected chi connectivity index (χ1v) is 2.38. The van der Waals surface area contributed by atoms with E-state index in [0.29, 0.717) is 6.61 Å². The maximum atomic E-state index is 5.46. The number of hydrogen-bond donors (Lipinski definition) is 1. The number of hydroxylamine groups is 2. The van der Waals surface area contributed by atoms with Crippen molar-refractivity contribution in [2.24, 2.45) is 5.73 Å². The minimum absolute atomic E-state index is 0.227. The van der Waals surface area contributed by atoms with Crippen LogP contribution in [0.5, 0.6) is 0 Å². The van der Waals surface area contributed by atoms with Crippen molar-refractivity contribution in [1.29, 1.82) is 0 Å². The van der Waals surface area contributed by atoms with Crippen LogP contribution in [0, 0.1) is 0 Å². The Labute approximate surface area is 43.0 Å². The molecule has 1 aliphatic rings. The zero-order valence-electron chi connectivity index (χ0n) is 4.42. The minimum Gasteiger partial charge on any atom is -0.325 e. The van der Waals surface area contributed by atoms with Gasteiger partial charge in [-0.2, -0.15) is 5.06 Å². The number of likely N-dealkylation sites (N-methyl/N-ethyl adjacent to an activating group) is 1. The normalized spacial score (nSPS) is 34.3. The third kappa shape index (κ3) is 1.12. The van der Waals surface area contributed by atoms with Crippen LogP contribution in [-0.4, -0.2) is 31.3 Å². The fourth-order valence-electron chi connectivity index (χ4n) is 0.659. The molecule has 0 bridgehead atoms. The van der Waals surface area contributed by atoms with Crippen LogP contribution in [0.25, 0.3) is 0 Å². The summed E-state index contributed by atoms with van der Waals surface area (Å²) in [5.41, 5.74) is 5.46. The highest BCUT2D eigenvalue weighted by Crippen LogP contribution is 1.97. The van der Waals surface area contributed by atoms with Crippen molar-refractivity contribution in [2.45, 2.75) is 6.04 Å². The summed E-state index contributed by atoms with van der Waals surface area (Å²) in [6.07, 6.45) is 0. The lowest BCUT2D eigenvalue weighted by Crippen LogP contribution is -2.25. The van der Waals surface area contributed by atoms with E-state index in [0.717, 1.165) is 6.54 Å². The second-order valence-corrected chi connectivity index (χ2v) is 1.87. The van der Waals surface area contributed by atoms with E-state index in [-0.39, 0.29) is 6.04 Å². The summed E-state index contributed by atoms with van der Waals surface area (Å²) in [6, 6.07) is 0.227. The number of rotatable bonds is 0. The van der Waals surface area contributed by atoms with Crippen molar-refractivity contribution in [1.82, 2.24) is 5.06 Å². The number of hydrogen-bond acceptors (Lipinski definition) is 3. The molecule has 0 aromatic carbocycles. The van der Waals surface area contributed by atoms with Gasteiger partial charge in [-0.05, 0) is 0 Å². The largest absolute Gasteiger partial charge is 0.325 e. The van der Waals surface area contributed by atoms with Gasteiger partial charge in [0.1, 0.15) is 0 Å². The van der Waals surface area contributed by atoms with Gasteiger partial charge in [-0.3, -0.25) is 4.84 Å². The van der Waals surface area contributed by atoms with E-state index in [1.807, 2.05) is 7.05 Å². The van der Waals surface area contributed by atoms with Crippen LogP contribution in [-0.2, 0) is 4.84 Å². The summed E-state index contributed by atoms with van der Waals surface area (Å²) in [7, 11) is 1.88. The summed E-state index contributed by atoms with van der Waals surface area (Å²) in [5, 5.41) is 1.75. The Bertz CT molecular complexity index is 58.7. The third-order valence-electron chi connectivity index (χ3n) is 1.00. The monoisotopic (exact) mass is 102 g/mol. The van der Waals surface area contributed by atoms with Crippen LogP contribution in [0.4, 0.5) is 0 Å². The molecular formula is C4H10N2O. The summed E-state index contributed by atoms with van der Waals surface area (Å²) < 4.78 is 0. The summed E-state index contributed by atoms with van der Waals surface area (Å²) in [6.45, 7) is 1.54. The molecule has 0 radical (unpaired) electrons. The van der Waals surface area contributed by atoms with Crippen LogP contribution in [0.2, 0.25) is 0 Å². The molecule has 42 valence electrons. The molecule has 0 spiro atoms. The van der Waals surface area contributed by atoms with Crippen molar-refractivity contribution in [3.8, 4) is 0 Å². The molecular weight excluding hydrogens is 92.1 g/mol. The van der Waals surface area contributed by atoms with Crippen LogP contribution in [0.15, 0.2) is 0 Å². The van der Waals surface area contributed by atoms with Crippen molar-refractivity contribution in [3.63, 3.8) is 0 Å². The molecule has 0 aromatic heterocycles. The van der Waals surface area contributed by atoms with Gasteiger partial charge in [0.2, 0.25) is 0 Å². The van der Waals surface area contributed by atoms with Crippen LogP contribution >= 0.6 is 0 Å². The molecule has 0 aliphatic carbocycles. The standard InChI is InChI=1S/C4H10N2O/c1-6-2-4(5)3-7-6/h4H,2-3,5H2,1H3. The Morgan fingerprint density at radius 2 is 2.57 bits per heavy atom. The lowest BCUT2D eigenvalue weighted by Gasteiger charge is -2.01. The van der Waals surface area contributed by atoms with Gasteiger partial charge in [0.05, 0.1) is 6.61 Å². The van der Waals surface area contributed by atoms with Gasteiger partial charge in [0.15, 0.2) is 0 Å². The molecule has 1 saturated heterocycles. The molecule has 1 atom stereocenters. The predicted molar refractivity (Wildman–Crippen MR) is 26.6 cm³/mol. The van der Waals surface area contributed by atoms with Crippen LogP contribution in [0.3, 0.4) is 0 Å². The second kappa shape index (κ2) is 1.78. The molecule has 0 saturated carbocycles. The van der Waals surface area contributed by atoms with Crippen molar-refractivity contribution < 1.29 is 4.84 Å². The fraction of sp³-hybridized carbons (Fsp3) is 1.00. The Balaban J connectivity index is 2.26. The smallest absolute Gasteiger partial charge is 0.0849 e. The average molecular weight is 102 g/mol. The minimum atomic E-state index is 0.227. The van der Waals surface area contributed by atoms with Gasteiger partial charge in [-0.1, -0.05) is 0 Å². The summed E-state index contributed by atoms with van der Waals surface area (Å²) in [4.78, 5) is 4.97. The van der Waals surface area contributed by atoms with Crippen LogP contribution in [0.1, 0.15) is 0 Å². The molecule has 3 heteroatoms. The highest BCUT2D eigenvalue weighted by Gasteiger charge is 2.14. The molecule has 3 nitrogen and oxygen atoms in total. The topological polar surface area (TPSA) is 38.5 Å².